The minimum atomic E-state index is -1.14. The molecule has 10 nitrogen and oxygen atoms in total. The minimum absolute atomic E-state index is 0.0985. The van der Waals surface area contributed by atoms with Crippen molar-refractivity contribution in [3.8, 4) is 5.75 Å². The summed E-state index contributed by atoms with van der Waals surface area (Å²) >= 11 is 4.70. The highest BCUT2D eigenvalue weighted by Gasteiger charge is 2.14. The number of carbonyl (C=O) groups is 1. The Morgan fingerprint density at radius 3 is 2.56 bits per heavy atom. The highest BCUT2D eigenvalue weighted by molar-refractivity contribution is 7.80. The van der Waals surface area contributed by atoms with Crippen molar-refractivity contribution in [3.05, 3.63) is 47.7 Å². The maximum absolute atomic E-state index is 10.8. The van der Waals surface area contributed by atoms with Crippen LogP contribution in [-0.2, 0) is 11.2 Å². The summed E-state index contributed by atoms with van der Waals surface area (Å²) in [5.41, 5.74) is 14.4. The lowest BCUT2D eigenvalue weighted by molar-refractivity contribution is 0.0694. The number of H-pyrrole nitrogens is 1. The zero-order valence-electron chi connectivity index (χ0n) is 17.6. The fraction of sp³-hybridized carbons (Fsp3) is 0.286. The molecule has 0 aliphatic carbocycles. The molecule has 0 radical (unpaired) electrons. The molecule has 4 rings (SSSR count). The van der Waals surface area contributed by atoms with E-state index < -0.39 is 5.97 Å². The normalized spacial score (nSPS) is 13.2. The van der Waals surface area contributed by atoms with E-state index in [1.54, 1.807) is 0 Å². The molecule has 2 heterocycles. The minimum Gasteiger partial charge on any atom is -0.507 e. The van der Waals surface area contributed by atoms with Crippen LogP contribution in [-0.4, -0.2) is 57.8 Å². The Balaban J connectivity index is 0.000000182. The molecule has 0 saturated carbocycles. The Morgan fingerprint density at radius 2 is 1.97 bits per heavy atom. The zero-order chi connectivity index (χ0) is 23.1. The summed E-state index contributed by atoms with van der Waals surface area (Å²) in [6.07, 6.45) is 0.712. The Labute approximate surface area is 190 Å². The van der Waals surface area contributed by atoms with Crippen LogP contribution in [0, 0.1) is 0 Å². The van der Waals surface area contributed by atoms with Crippen LogP contribution in [0.2, 0.25) is 0 Å². The van der Waals surface area contributed by atoms with Gasteiger partial charge in [-0.3, -0.25) is 16.0 Å². The first-order valence-electron chi connectivity index (χ1n) is 10.1. The van der Waals surface area contributed by atoms with Gasteiger partial charge in [0.1, 0.15) is 11.3 Å². The summed E-state index contributed by atoms with van der Waals surface area (Å²) in [6, 6.07) is 10.9. The predicted molar refractivity (Wildman–Crippen MR) is 127 cm³/mol. The number of aromatic carboxylic acids is 1. The fourth-order valence-electron chi connectivity index (χ4n) is 3.26. The number of ether oxygens (including phenoxy) is 1. The molecular formula is C21H26N6O4S. The van der Waals surface area contributed by atoms with Gasteiger partial charge in [0.25, 0.3) is 0 Å². The highest BCUT2D eigenvalue weighted by atomic mass is 32.1. The van der Waals surface area contributed by atoms with Crippen molar-refractivity contribution in [1.29, 1.82) is 0 Å². The average Bonchev–Trinajstić information content (AvgIpc) is 3.20. The van der Waals surface area contributed by atoms with Crippen molar-refractivity contribution in [3.63, 3.8) is 0 Å². The van der Waals surface area contributed by atoms with Crippen LogP contribution in [0.25, 0.3) is 10.9 Å². The molecule has 2 aromatic carbocycles. The van der Waals surface area contributed by atoms with Gasteiger partial charge in [0.05, 0.1) is 30.1 Å². The first kappa shape index (κ1) is 23.1. The Morgan fingerprint density at radius 1 is 1.28 bits per heavy atom. The zero-order valence-corrected chi connectivity index (χ0v) is 18.4. The van der Waals surface area contributed by atoms with Crippen molar-refractivity contribution in [2.45, 2.75) is 13.3 Å². The largest absolute Gasteiger partial charge is 0.507 e. The molecule has 0 unspecified atom stereocenters. The molecule has 1 fully saturated rings. The number of carboxylic acid groups (broad SMARTS) is 1. The first-order chi connectivity index (χ1) is 15.4. The number of aryl methyl sites for hydroxylation is 1. The average molecular weight is 459 g/mol. The number of aromatic amines is 1. The number of nitrogens with zero attached hydrogens (tertiary/aromatic N) is 2. The van der Waals surface area contributed by atoms with Gasteiger partial charge in [0, 0.05) is 30.2 Å². The molecule has 0 atom stereocenters. The number of nitrogens with two attached hydrogens (primary N) is 1. The molecule has 11 heteroatoms. The molecule has 1 saturated heterocycles. The summed E-state index contributed by atoms with van der Waals surface area (Å²) in [4.78, 5) is 13.1. The number of fused-ring (bicyclic) bond motifs is 1. The molecule has 1 aromatic heterocycles. The van der Waals surface area contributed by atoms with Gasteiger partial charge in [0.2, 0.25) is 0 Å². The van der Waals surface area contributed by atoms with E-state index in [0.29, 0.717) is 11.9 Å². The smallest absolute Gasteiger partial charge is 0.339 e. The Hall–Kier alpha value is -3.57. The van der Waals surface area contributed by atoms with Gasteiger partial charge < -0.3 is 25.6 Å². The topological polar surface area (TPSA) is 149 Å². The Bertz CT molecular complexity index is 1080. The number of phenols is 1. The number of hydrogen-bond donors (Lipinski definition) is 6. The van der Waals surface area contributed by atoms with Crippen LogP contribution in [0.4, 0.5) is 11.4 Å². The molecule has 32 heavy (non-hydrogen) atoms. The summed E-state index contributed by atoms with van der Waals surface area (Å²) in [5.74, 6) is -1.39. The van der Waals surface area contributed by atoms with E-state index in [1.165, 1.54) is 17.8 Å². The van der Waals surface area contributed by atoms with E-state index >= 15 is 0 Å². The molecule has 0 amide bonds. The van der Waals surface area contributed by atoms with Gasteiger partial charge >= 0.3 is 5.97 Å². The lowest BCUT2D eigenvalue weighted by atomic mass is 10.1. The number of morpholine rings is 1. The summed E-state index contributed by atoms with van der Waals surface area (Å²) in [6.45, 7) is 5.41. The van der Waals surface area contributed by atoms with Crippen LogP contribution in [0.5, 0.6) is 5.75 Å². The van der Waals surface area contributed by atoms with Gasteiger partial charge in [-0.25, -0.2) is 4.79 Å². The number of anilines is 2. The van der Waals surface area contributed by atoms with Gasteiger partial charge in [0.15, 0.2) is 5.11 Å². The second kappa shape index (κ2) is 10.6. The van der Waals surface area contributed by atoms with E-state index in [9.17, 15) is 9.90 Å². The van der Waals surface area contributed by atoms with Crippen molar-refractivity contribution in [1.82, 2.24) is 15.6 Å². The highest BCUT2D eigenvalue weighted by Crippen LogP contribution is 2.26. The number of nitrogens with one attached hydrogen (secondary N) is 3. The summed E-state index contributed by atoms with van der Waals surface area (Å²) < 4.78 is 5.32. The van der Waals surface area contributed by atoms with E-state index in [4.69, 9.17) is 27.8 Å². The van der Waals surface area contributed by atoms with Crippen LogP contribution in [0.15, 0.2) is 36.4 Å². The third-order valence-corrected chi connectivity index (χ3v) is 5.00. The fourth-order valence-corrected chi connectivity index (χ4v) is 3.31. The van der Waals surface area contributed by atoms with Crippen LogP contribution in [0.3, 0.4) is 0 Å². The van der Waals surface area contributed by atoms with Gasteiger partial charge in [-0.05, 0) is 49.0 Å². The Kier molecular flexibility index (Phi) is 7.68. The summed E-state index contributed by atoms with van der Waals surface area (Å²) in [5, 5.41) is 26.0. The molecule has 3 aromatic rings. The lowest BCUT2D eigenvalue weighted by Gasteiger charge is -2.28. The number of aromatic hydroxyl groups is 1. The van der Waals surface area contributed by atoms with Crippen molar-refractivity contribution < 1.29 is 19.7 Å². The van der Waals surface area contributed by atoms with Gasteiger partial charge in [-0.1, -0.05) is 6.92 Å². The lowest BCUT2D eigenvalue weighted by Crippen LogP contribution is -2.36. The van der Waals surface area contributed by atoms with E-state index in [2.05, 4.69) is 38.1 Å². The molecule has 0 bridgehead atoms. The van der Waals surface area contributed by atoms with Crippen molar-refractivity contribution in [2.24, 2.45) is 5.73 Å². The van der Waals surface area contributed by atoms with E-state index in [-0.39, 0.29) is 16.4 Å². The van der Waals surface area contributed by atoms with Crippen LogP contribution in [0.1, 0.15) is 23.0 Å². The third kappa shape index (κ3) is 5.77. The van der Waals surface area contributed by atoms with E-state index in [0.717, 1.165) is 43.1 Å². The van der Waals surface area contributed by atoms with Crippen LogP contribution < -0.4 is 21.5 Å². The maximum Gasteiger partial charge on any atom is 0.339 e. The molecular weight excluding hydrogens is 432 g/mol. The molecule has 1 aliphatic rings. The van der Waals surface area contributed by atoms with Gasteiger partial charge in [-0.2, -0.15) is 5.10 Å². The number of benzene rings is 2. The number of aromatic nitrogens is 2. The van der Waals surface area contributed by atoms with Crippen molar-refractivity contribution >= 4 is 45.6 Å². The van der Waals surface area contributed by atoms with Crippen molar-refractivity contribution in [2.75, 3.05) is 36.6 Å². The first-order valence-corrected chi connectivity index (χ1v) is 10.5. The predicted octanol–water partition coefficient (Wildman–Crippen LogP) is 2.21. The summed E-state index contributed by atoms with van der Waals surface area (Å²) in [7, 11) is 0. The quantitative estimate of drug-likeness (QED) is 0.248. The SMILES string of the molecule is CCc1n[nH]c2cc(O)c(C(=O)O)cc12.NC(=S)NNc1ccc(N2CCOCC2)cc1. The molecule has 7 N–H and O–H groups in total. The standard InChI is InChI=1S/C11H16N4OS.C10H10N2O3/c12-11(17)14-13-9-1-3-10(4-2-9)15-5-7-16-8-6-15;1-2-7-5-3-6(10(14)15)9(13)4-8(5)12-11-7/h1-4,13H,5-8H2,(H3,12,14,17);3-4,13H,2H2,1H3,(H,11,12)(H,14,15). The second-order valence-electron chi connectivity index (χ2n) is 7.00. The number of hydrazine groups is 1. The molecule has 1 aliphatic heterocycles. The second-order valence-corrected chi connectivity index (χ2v) is 7.44. The molecule has 0 spiro atoms. The number of hydrogen-bond acceptors (Lipinski definition) is 7. The van der Waals surface area contributed by atoms with Gasteiger partial charge in [-0.15, -0.1) is 0 Å². The number of carboxylic acids is 1. The number of rotatable bonds is 5. The monoisotopic (exact) mass is 458 g/mol. The molecule has 170 valence electrons. The van der Waals surface area contributed by atoms with E-state index in [1.807, 2.05) is 19.1 Å². The van der Waals surface area contributed by atoms with Crippen LogP contribution >= 0.6 is 12.2 Å². The maximum atomic E-state index is 10.8. The third-order valence-electron chi connectivity index (χ3n) is 4.90. The number of thiocarbonyl (C=S) groups is 1.